The summed E-state index contributed by atoms with van der Waals surface area (Å²) in [6.45, 7) is 3.62. The monoisotopic (exact) mass is 360 g/mol. The van der Waals surface area contributed by atoms with E-state index in [1.54, 1.807) is 24.5 Å². The minimum absolute atomic E-state index is 0.106. The largest absolute Gasteiger partial charge is 0.333 e. The number of aromatic nitrogens is 1. The number of ketones is 1. The van der Waals surface area contributed by atoms with E-state index in [9.17, 15) is 4.79 Å². The van der Waals surface area contributed by atoms with Crippen molar-refractivity contribution < 1.29 is 4.79 Å². The zero-order valence-corrected chi connectivity index (χ0v) is 13.9. The van der Waals surface area contributed by atoms with Gasteiger partial charge in [-0.1, -0.05) is 22.0 Å². The van der Waals surface area contributed by atoms with Gasteiger partial charge in [0.2, 0.25) is 0 Å². The van der Waals surface area contributed by atoms with Gasteiger partial charge in [-0.25, -0.2) is 0 Å². The third-order valence-corrected chi connectivity index (χ3v) is 2.75. The Morgan fingerprint density at radius 3 is 2.42 bits per heavy atom. The normalized spacial score (nSPS) is 9.63. The van der Waals surface area contributed by atoms with Crippen LogP contribution in [0.1, 0.15) is 23.2 Å². The van der Waals surface area contributed by atoms with Gasteiger partial charge in [0.15, 0.2) is 5.78 Å². The second-order valence-electron chi connectivity index (χ2n) is 3.02. The predicted octanol–water partition coefficient (Wildman–Crippen LogP) is 3.59. The third kappa shape index (κ3) is 10.8. The van der Waals surface area contributed by atoms with Crippen LogP contribution in [-0.4, -0.2) is 27.0 Å². The zero-order chi connectivity index (χ0) is 15.1. The summed E-state index contributed by atoms with van der Waals surface area (Å²) in [4.78, 5) is 15.5. The van der Waals surface area contributed by atoms with Crippen LogP contribution < -0.4 is 5.73 Å². The van der Waals surface area contributed by atoms with Crippen molar-refractivity contribution >= 4 is 50.5 Å². The molecule has 0 saturated heterocycles. The van der Waals surface area contributed by atoms with Crippen LogP contribution in [0.4, 0.5) is 0 Å². The van der Waals surface area contributed by atoms with E-state index in [4.69, 9.17) is 0 Å². The van der Waals surface area contributed by atoms with Crippen molar-refractivity contribution in [1.82, 2.24) is 4.98 Å². The number of carbonyl (C=O) groups is 1. The van der Waals surface area contributed by atoms with Crippen molar-refractivity contribution in [2.75, 3.05) is 7.05 Å². The Kier molecular flexibility index (Phi) is 16.5. The highest BCUT2D eigenvalue weighted by molar-refractivity contribution is 9.10. The van der Waals surface area contributed by atoms with E-state index >= 15 is 0 Å². The number of nitrogens with zero attached hydrogens (tertiary/aromatic N) is 1. The van der Waals surface area contributed by atoms with E-state index in [-0.39, 0.29) is 10.6 Å². The number of alkyl halides is 1. The van der Waals surface area contributed by atoms with Crippen LogP contribution in [0.3, 0.4) is 0 Å². The first-order valence-electron chi connectivity index (χ1n) is 5.43. The molecular formula is C13H17BrN2OS2. The Morgan fingerprint density at radius 1 is 1.53 bits per heavy atom. The van der Waals surface area contributed by atoms with Crippen molar-refractivity contribution in [2.24, 2.45) is 5.73 Å². The molecule has 1 unspecified atom stereocenters. The first-order chi connectivity index (χ1) is 9.17. The fourth-order valence-corrected chi connectivity index (χ4v) is 1.62. The molecule has 1 heterocycles. The average molecular weight is 361 g/mol. The van der Waals surface area contributed by atoms with Gasteiger partial charge in [-0.15, -0.1) is 6.58 Å². The molecule has 0 aliphatic carbocycles. The summed E-state index contributed by atoms with van der Waals surface area (Å²) in [7, 11) is 1.50. The number of carbonyl (C=O) groups excluding carboxylic acids is 1. The summed E-state index contributed by atoms with van der Waals surface area (Å²) < 4.78 is 1.92. The van der Waals surface area contributed by atoms with Gasteiger partial charge < -0.3 is 5.73 Å². The van der Waals surface area contributed by atoms with Gasteiger partial charge in [0.1, 0.15) is 0 Å². The lowest BCUT2D eigenvalue weighted by molar-refractivity contribution is 0.0989. The summed E-state index contributed by atoms with van der Waals surface area (Å²) in [5.41, 5.74) is 5.20. The van der Waals surface area contributed by atoms with Crippen LogP contribution in [0.25, 0.3) is 0 Å². The molecule has 0 bridgehead atoms. The van der Waals surface area contributed by atoms with E-state index in [0.717, 1.165) is 12.8 Å². The van der Waals surface area contributed by atoms with Crippen LogP contribution in [0.2, 0.25) is 0 Å². The second kappa shape index (κ2) is 15.3. The number of Topliss-reactive ketones (excluding diaryl/α,β-unsaturated/α-hetero) is 1. The van der Waals surface area contributed by atoms with Crippen LogP contribution in [-0.2, 0) is 0 Å². The summed E-state index contributed by atoms with van der Waals surface area (Å²) in [5, 5.41) is 0. The molecule has 1 aromatic rings. The van der Waals surface area contributed by atoms with Gasteiger partial charge in [0, 0.05) is 22.3 Å². The van der Waals surface area contributed by atoms with Gasteiger partial charge in [0.05, 0.1) is 4.83 Å². The summed E-state index contributed by atoms with van der Waals surface area (Å²) in [6.07, 6.45) is 6.69. The summed E-state index contributed by atoms with van der Waals surface area (Å²) in [5.74, 6) is 0.106. The molecule has 0 aromatic carbocycles. The smallest absolute Gasteiger partial charge is 0.176 e. The molecule has 0 amide bonds. The van der Waals surface area contributed by atoms with E-state index in [2.05, 4.69) is 57.7 Å². The number of pyridine rings is 1. The molecule has 104 valence electrons. The molecule has 0 aliphatic heterocycles. The van der Waals surface area contributed by atoms with E-state index in [0.29, 0.717) is 5.56 Å². The van der Waals surface area contributed by atoms with E-state index in [1.165, 1.54) is 7.05 Å². The van der Waals surface area contributed by atoms with Crippen molar-refractivity contribution in [3.8, 4) is 0 Å². The SMILES string of the molecule is C=CCCC(Br)C(=O)c1ccncc1.CN.S=C=S. The Balaban J connectivity index is 0. The van der Waals surface area contributed by atoms with Gasteiger partial charge >= 0.3 is 0 Å². The quantitative estimate of drug-likeness (QED) is 0.376. The Morgan fingerprint density at radius 2 is 2.00 bits per heavy atom. The first-order valence-corrected chi connectivity index (χ1v) is 7.16. The minimum atomic E-state index is -0.122. The average Bonchev–Trinajstić information content (AvgIpc) is 2.48. The Bertz CT molecular complexity index is 393. The molecule has 19 heavy (non-hydrogen) atoms. The second-order valence-corrected chi connectivity index (χ2v) is 4.79. The molecule has 0 saturated carbocycles. The zero-order valence-electron chi connectivity index (χ0n) is 10.7. The maximum atomic E-state index is 11.7. The fraction of sp³-hybridized carbons (Fsp3) is 0.308. The van der Waals surface area contributed by atoms with E-state index in [1.807, 2.05) is 10.4 Å². The van der Waals surface area contributed by atoms with Crippen LogP contribution in [0.15, 0.2) is 37.2 Å². The Hall–Kier alpha value is -0.780. The van der Waals surface area contributed by atoms with Crippen LogP contribution >= 0.6 is 40.4 Å². The van der Waals surface area contributed by atoms with Crippen molar-refractivity contribution in [3.63, 3.8) is 0 Å². The lowest BCUT2D eigenvalue weighted by Gasteiger charge is -2.06. The molecule has 2 N–H and O–H groups in total. The van der Waals surface area contributed by atoms with Crippen LogP contribution in [0, 0.1) is 0 Å². The molecule has 0 radical (unpaired) electrons. The standard InChI is InChI=1S/C11H12BrNO.CH5N.CS2/c1-2-3-4-10(12)11(14)9-5-7-13-8-6-9;1-2;2-1-3/h2,5-8,10H,1,3-4H2;2H2,1H3;. The van der Waals surface area contributed by atoms with Gasteiger partial charge in [-0.3, -0.25) is 9.78 Å². The molecular weight excluding hydrogens is 344 g/mol. The number of rotatable bonds is 5. The lowest BCUT2D eigenvalue weighted by Crippen LogP contribution is -2.13. The predicted molar refractivity (Wildman–Crippen MR) is 91.0 cm³/mol. The van der Waals surface area contributed by atoms with E-state index < -0.39 is 0 Å². The molecule has 1 atom stereocenters. The highest BCUT2D eigenvalue weighted by atomic mass is 79.9. The third-order valence-electron chi connectivity index (χ3n) is 1.87. The maximum absolute atomic E-state index is 11.7. The topological polar surface area (TPSA) is 56.0 Å². The molecule has 1 rings (SSSR count). The van der Waals surface area contributed by atoms with Crippen molar-refractivity contribution in [2.45, 2.75) is 17.7 Å². The van der Waals surface area contributed by atoms with Gasteiger partial charge in [-0.2, -0.15) is 0 Å². The molecule has 6 heteroatoms. The van der Waals surface area contributed by atoms with Crippen molar-refractivity contribution in [1.29, 1.82) is 0 Å². The number of allylic oxidation sites excluding steroid dienone is 1. The molecule has 3 nitrogen and oxygen atoms in total. The summed E-state index contributed by atoms with van der Waals surface area (Å²) >= 11 is 11.3. The molecule has 0 aliphatic rings. The van der Waals surface area contributed by atoms with Gasteiger partial charge in [0.25, 0.3) is 0 Å². The number of hydrogen-bond acceptors (Lipinski definition) is 5. The molecule has 0 fully saturated rings. The minimum Gasteiger partial charge on any atom is -0.333 e. The highest BCUT2D eigenvalue weighted by Crippen LogP contribution is 2.14. The van der Waals surface area contributed by atoms with Crippen molar-refractivity contribution in [3.05, 3.63) is 42.7 Å². The Labute approximate surface area is 133 Å². The number of nitrogens with two attached hydrogens (primary N) is 1. The number of hydrogen-bond donors (Lipinski definition) is 1. The van der Waals surface area contributed by atoms with Gasteiger partial charge in [-0.05, 0) is 56.5 Å². The number of thiocarbonyl (C=S) groups is 2. The maximum Gasteiger partial charge on any atom is 0.176 e. The first kappa shape index (κ1) is 20.5. The lowest BCUT2D eigenvalue weighted by atomic mass is 10.1. The molecule has 0 spiro atoms. The molecule has 1 aromatic heterocycles. The highest BCUT2D eigenvalue weighted by Gasteiger charge is 2.15. The summed E-state index contributed by atoms with van der Waals surface area (Å²) in [6, 6.07) is 3.45. The fourth-order valence-electron chi connectivity index (χ4n) is 1.09. The van der Waals surface area contributed by atoms with Crippen LogP contribution in [0.5, 0.6) is 0 Å². The number of halogens is 1.